The molecular weight excluding hydrogens is 370 g/mol. The topological polar surface area (TPSA) is 46.5 Å². The van der Waals surface area contributed by atoms with Gasteiger partial charge in [0.15, 0.2) is 0 Å². The van der Waals surface area contributed by atoms with Crippen LogP contribution < -0.4 is 10.2 Å². The van der Waals surface area contributed by atoms with Gasteiger partial charge in [0, 0.05) is 16.5 Å². The highest BCUT2D eigenvalue weighted by molar-refractivity contribution is 7.14. The van der Waals surface area contributed by atoms with Crippen LogP contribution in [0.15, 0.2) is 59.0 Å². The number of thiazole rings is 1. The Kier molecular flexibility index (Phi) is 5.17. The summed E-state index contributed by atoms with van der Waals surface area (Å²) in [6.07, 6.45) is -3.79. The summed E-state index contributed by atoms with van der Waals surface area (Å²) in [6.45, 7) is 0. The fourth-order valence-electron chi connectivity index (χ4n) is 2.04. The first-order chi connectivity index (χ1) is 12.4. The SMILES string of the molecule is Fc1ccc(OC(F)(F)F)cc1C=NNc1nc(-c2ccccc2)cs1. The van der Waals surface area contributed by atoms with Crippen LogP contribution in [0, 0.1) is 5.82 Å². The third-order valence-electron chi connectivity index (χ3n) is 3.14. The molecule has 0 spiro atoms. The van der Waals surface area contributed by atoms with Gasteiger partial charge in [-0.3, -0.25) is 5.43 Å². The van der Waals surface area contributed by atoms with E-state index in [4.69, 9.17) is 0 Å². The van der Waals surface area contributed by atoms with E-state index in [-0.39, 0.29) is 5.56 Å². The van der Waals surface area contributed by atoms with Crippen LogP contribution in [-0.4, -0.2) is 17.6 Å². The molecule has 0 bridgehead atoms. The number of hydrogen-bond donors (Lipinski definition) is 1. The zero-order valence-corrected chi connectivity index (χ0v) is 13.8. The van der Waals surface area contributed by atoms with Crippen LogP contribution >= 0.6 is 11.3 Å². The minimum Gasteiger partial charge on any atom is -0.406 e. The fraction of sp³-hybridized carbons (Fsp3) is 0.0588. The zero-order valence-electron chi connectivity index (χ0n) is 13.0. The Labute approximate surface area is 149 Å². The number of hydrogen-bond acceptors (Lipinski definition) is 5. The monoisotopic (exact) mass is 381 g/mol. The molecule has 9 heteroatoms. The molecule has 0 radical (unpaired) electrons. The number of ether oxygens (including phenoxy) is 1. The third kappa shape index (κ3) is 4.79. The maximum atomic E-state index is 13.7. The van der Waals surface area contributed by atoms with Crippen molar-refractivity contribution >= 4 is 22.7 Å². The maximum absolute atomic E-state index is 13.7. The summed E-state index contributed by atoms with van der Waals surface area (Å²) in [5.41, 5.74) is 4.16. The number of hydrazone groups is 1. The maximum Gasteiger partial charge on any atom is 0.573 e. The van der Waals surface area contributed by atoms with Crippen molar-refractivity contribution in [1.82, 2.24) is 4.98 Å². The van der Waals surface area contributed by atoms with Gasteiger partial charge >= 0.3 is 6.36 Å². The average Bonchev–Trinajstić information content (AvgIpc) is 3.06. The van der Waals surface area contributed by atoms with Crippen molar-refractivity contribution in [3.63, 3.8) is 0 Å². The van der Waals surface area contributed by atoms with E-state index in [1.54, 1.807) is 0 Å². The molecule has 0 aliphatic rings. The van der Waals surface area contributed by atoms with E-state index in [1.165, 1.54) is 11.3 Å². The molecule has 3 aromatic rings. The van der Waals surface area contributed by atoms with Crippen LogP contribution in [0.2, 0.25) is 0 Å². The number of rotatable bonds is 5. The molecule has 1 heterocycles. The predicted octanol–water partition coefficient (Wildman–Crippen LogP) is 5.29. The van der Waals surface area contributed by atoms with Gasteiger partial charge in [-0.15, -0.1) is 24.5 Å². The average molecular weight is 381 g/mol. The molecule has 3 rings (SSSR count). The van der Waals surface area contributed by atoms with Gasteiger partial charge in [0.05, 0.1) is 11.9 Å². The molecule has 134 valence electrons. The van der Waals surface area contributed by atoms with Gasteiger partial charge in [-0.2, -0.15) is 5.10 Å². The van der Waals surface area contributed by atoms with Gasteiger partial charge in [-0.25, -0.2) is 9.37 Å². The van der Waals surface area contributed by atoms with Crippen molar-refractivity contribution in [2.45, 2.75) is 6.36 Å². The molecule has 26 heavy (non-hydrogen) atoms. The van der Waals surface area contributed by atoms with Gasteiger partial charge in [0.25, 0.3) is 0 Å². The molecule has 0 unspecified atom stereocenters. The standard InChI is InChI=1S/C17H11F4N3OS/c18-14-7-6-13(25-17(19,20)21)8-12(14)9-22-24-16-23-15(10-26-16)11-4-2-1-3-5-11/h1-10H,(H,23,24). The normalized spacial score (nSPS) is 11.7. The van der Waals surface area contributed by atoms with Gasteiger partial charge in [-0.1, -0.05) is 30.3 Å². The second-order valence-electron chi connectivity index (χ2n) is 5.01. The van der Waals surface area contributed by atoms with Crippen molar-refractivity contribution in [2.24, 2.45) is 5.10 Å². The van der Waals surface area contributed by atoms with Gasteiger partial charge in [0.1, 0.15) is 11.6 Å². The quantitative estimate of drug-likeness (QED) is 0.371. The van der Waals surface area contributed by atoms with Crippen molar-refractivity contribution in [3.05, 3.63) is 65.3 Å². The third-order valence-corrected chi connectivity index (χ3v) is 3.89. The number of alkyl halides is 3. The lowest BCUT2D eigenvalue weighted by Crippen LogP contribution is -2.17. The lowest BCUT2D eigenvalue weighted by atomic mass is 10.2. The molecule has 2 aromatic carbocycles. The molecule has 0 atom stereocenters. The fourth-order valence-corrected chi connectivity index (χ4v) is 2.71. The molecule has 4 nitrogen and oxygen atoms in total. The minimum atomic E-state index is -4.85. The molecule has 0 fully saturated rings. The molecule has 1 N–H and O–H groups in total. The largest absolute Gasteiger partial charge is 0.573 e. The molecule has 0 aliphatic carbocycles. The van der Waals surface area contributed by atoms with Crippen LogP contribution in [0.25, 0.3) is 11.3 Å². The summed E-state index contributed by atoms with van der Waals surface area (Å²) >= 11 is 1.29. The number of nitrogens with zero attached hydrogens (tertiary/aromatic N) is 2. The second kappa shape index (κ2) is 7.52. The van der Waals surface area contributed by atoms with E-state index < -0.39 is 17.9 Å². The van der Waals surface area contributed by atoms with Crippen molar-refractivity contribution < 1.29 is 22.3 Å². The highest BCUT2D eigenvalue weighted by atomic mass is 32.1. The zero-order chi connectivity index (χ0) is 18.6. The van der Waals surface area contributed by atoms with Crippen molar-refractivity contribution in [1.29, 1.82) is 0 Å². The van der Waals surface area contributed by atoms with E-state index in [0.29, 0.717) is 5.13 Å². The molecule has 0 aliphatic heterocycles. The molecule has 1 aromatic heterocycles. The number of halogens is 4. The number of nitrogens with one attached hydrogen (secondary N) is 1. The Morgan fingerprint density at radius 3 is 2.62 bits per heavy atom. The first-order valence-corrected chi connectivity index (χ1v) is 8.14. The Balaban J connectivity index is 1.69. The summed E-state index contributed by atoms with van der Waals surface area (Å²) in [7, 11) is 0. The Morgan fingerprint density at radius 1 is 1.12 bits per heavy atom. The molecule has 0 saturated heterocycles. The van der Waals surface area contributed by atoms with Crippen LogP contribution in [-0.2, 0) is 0 Å². The first-order valence-electron chi connectivity index (χ1n) is 7.26. The summed E-state index contributed by atoms with van der Waals surface area (Å²) in [5.74, 6) is -1.25. The Morgan fingerprint density at radius 2 is 1.88 bits per heavy atom. The molecule has 0 amide bonds. The molecular formula is C17H11F4N3OS. The highest BCUT2D eigenvalue weighted by Crippen LogP contribution is 2.25. The Hall–Kier alpha value is -2.94. The lowest BCUT2D eigenvalue weighted by Gasteiger charge is -2.09. The minimum absolute atomic E-state index is 0.154. The van der Waals surface area contributed by atoms with E-state index >= 15 is 0 Å². The van der Waals surface area contributed by atoms with Gasteiger partial charge in [-0.05, 0) is 18.2 Å². The summed E-state index contributed by atoms with van der Waals surface area (Å²) in [5, 5.41) is 6.10. The summed E-state index contributed by atoms with van der Waals surface area (Å²) in [6, 6.07) is 12.2. The van der Waals surface area contributed by atoms with E-state index in [1.807, 2.05) is 35.7 Å². The highest BCUT2D eigenvalue weighted by Gasteiger charge is 2.31. The predicted molar refractivity (Wildman–Crippen MR) is 91.8 cm³/mol. The van der Waals surface area contributed by atoms with Gasteiger partial charge < -0.3 is 4.74 Å². The summed E-state index contributed by atoms with van der Waals surface area (Å²) < 4.78 is 54.1. The van der Waals surface area contributed by atoms with Crippen LogP contribution in [0.4, 0.5) is 22.7 Å². The van der Waals surface area contributed by atoms with Crippen molar-refractivity contribution in [3.8, 4) is 17.0 Å². The first kappa shape index (κ1) is 17.9. The van der Waals surface area contributed by atoms with Crippen molar-refractivity contribution in [2.75, 3.05) is 5.43 Å². The summed E-state index contributed by atoms with van der Waals surface area (Å²) in [4.78, 5) is 4.33. The lowest BCUT2D eigenvalue weighted by molar-refractivity contribution is -0.274. The van der Waals surface area contributed by atoms with E-state index in [2.05, 4.69) is 20.2 Å². The smallest absolute Gasteiger partial charge is 0.406 e. The van der Waals surface area contributed by atoms with Crippen LogP contribution in [0.1, 0.15) is 5.56 Å². The van der Waals surface area contributed by atoms with E-state index in [0.717, 1.165) is 35.7 Å². The van der Waals surface area contributed by atoms with Crippen LogP contribution in [0.3, 0.4) is 0 Å². The van der Waals surface area contributed by atoms with E-state index in [9.17, 15) is 17.6 Å². The Bertz CT molecular complexity index is 910. The number of aromatic nitrogens is 1. The number of benzene rings is 2. The molecule has 0 saturated carbocycles. The van der Waals surface area contributed by atoms with Crippen LogP contribution in [0.5, 0.6) is 5.75 Å². The number of anilines is 1. The second-order valence-corrected chi connectivity index (χ2v) is 5.86. The van der Waals surface area contributed by atoms with Gasteiger partial charge in [0.2, 0.25) is 5.13 Å².